The number of nitrogens with one attached hydrogen (secondary N) is 1. The number of carbonyl (C=O) groups excluding carboxylic acids is 1. The summed E-state index contributed by atoms with van der Waals surface area (Å²) in [6.07, 6.45) is 0. The first kappa shape index (κ1) is 17.4. The zero-order chi connectivity index (χ0) is 18.8. The number of pyridine rings is 1. The SMILES string of the molecule is COc1cccc2cc(C(=O)NCc3ccc(F)cc3F)c(=O)n(O)c12. The minimum absolute atomic E-state index is 0.0616. The third kappa shape index (κ3) is 3.08. The molecule has 0 bridgehead atoms. The highest BCUT2D eigenvalue weighted by molar-refractivity contribution is 5.98. The summed E-state index contributed by atoms with van der Waals surface area (Å²) >= 11 is 0. The average Bonchev–Trinajstić information content (AvgIpc) is 2.63. The third-order valence-electron chi connectivity index (χ3n) is 3.88. The molecular formula is C18H14F2N2O4. The molecular weight excluding hydrogens is 346 g/mol. The molecule has 3 aromatic rings. The van der Waals surface area contributed by atoms with Crippen LogP contribution in [0.1, 0.15) is 15.9 Å². The average molecular weight is 360 g/mol. The maximum atomic E-state index is 13.6. The highest BCUT2D eigenvalue weighted by Gasteiger charge is 2.18. The van der Waals surface area contributed by atoms with Crippen molar-refractivity contribution >= 4 is 16.8 Å². The number of benzene rings is 2. The van der Waals surface area contributed by atoms with Crippen LogP contribution in [0.25, 0.3) is 10.9 Å². The Kier molecular flexibility index (Phi) is 4.57. The predicted octanol–water partition coefficient (Wildman–Crippen LogP) is 2.46. The molecule has 6 nitrogen and oxygen atoms in total. The first-order valence-corrected chi connectivity index (χ1v) is 7.56. The molecule has 1 heterocycles. The van der Waals surface area contributed by atoms with Crippen molar-refractivity contribution in [2.45, 2.75) is 6.54 Å². The van der Waals surface area contributed by atoms with Crippen molar-refractivity contribution in [3.8, 4) is 5.75 Å². The van der Waals surface area contributed by atoms with Gasteiger partial charge >= 0.3 is 0 Å². The van der Waals surface area contributed by atoms with E-state index in [1.165, 1.54) is 19.2 Å². The summed E-state index contributed by atoms with van der Waals surface area (Å²) in [6.45, 7) is -0.244. The van der Waals surface area contributed by atoms with Gasteiger partial charge in [0.05, 0.1) is 7.11 Å². The molecule has 0 aliphatic heterocycles. The fourth-order valence-electron chi connectivity index (χ4n) is 2.58. The second-order valence-electron chi connectivity index (χ2n) is 5.49. The molecule has 2 aromatic carbocycles. The summed E-state index contributed by atoms with van der Waals surface area (Å²) in [7, 11) is 1.39. The maximum Gasteiger partial charge on any atom is 0.296 e. The molecule has 0 aliphatic rings. The van der Waals surface area contributed by atoms with E-state index in [1.807, 2.05) is 0 Å². The molecule has 3 rings (SSSR count). The lowest BCUT2D eigenvalue weighted by atomic mass is 10.1. The van der Waals surface area contributed by atoms with Gasteiger partial charge < -0.3 is 15.3 Å². The number of halogens is 2. The highest BCUT2D eigenvalue weighted by atomic mass is 19.1. The van der Waals surface area contributed by atoms with Crippen LogP contribution in [0.4, 0.5) is 8.78 Å². The summed E-state index contributed by atoms with van der Waals surface area (Å²) in [5.74, 6) is -2.08. The molecule has 26 heavy (non-hydrogen) atoms. The van der Waals surface area contributed by atoms with Crippen LogP contribution in [0, 0.1) is 11.6 Å². The topological polar surface area (TPSA) is 80.6 Å². The van der Waals surface area contributed by atoms with E-state index in [9.17, 15) is 23.6 Å². The Hall–Kier alpha value is -3.42. The van der Waals surface area contributed by atoms with E-state index in [1.54, 1.807) is 18.2 Å². The molecule has 8 heteroatoms. The van der Waals surface area contributed by atoms with Crippen molar-refractivity contribution < 1.29 is 23.5 Å². The molecule has 0 atom stereocenters. The fraction of sp³-hybridized carbons (Fsp3) is 0.111. The minimum atomic E-state index is -0.945. The van der Waals surface area contributed by atoms with Gasteiger partial charge in [-0.15, -0.1) is 4.73 Å². The third-order valence-corrected chi connectivity index (χ3v) is 3.88. The van der Waals surface area contributed by atoms with Gasteiger partial charge in [-0.2, -0.15) is 0 Å². The second kappa shape index (κ2) is 6.83. The number of rotatable bonds is 4. The van der Waals surface area contributed by atoms with E-state index in [0.29, 0.717) is 16.2 Å². The number of hydrogen-bond donors (Lipinski definition) is 2. The lowest BCUT2D eigenvalue weighted by molar-refractivity contribution is 0.0943. The first-order chi connectivity index (χ1) is 12.4. The Labute approximate surface area is 146 Å². The fourth-order valence-corrected chi connectivity index (χ4v) is 2.58. The van der Waals surface area contributed by atoms with E-state index in [-0.39, 0.29) is 28.9 Å². The van der Waals surface area contributed by atoms with Crippen LogP contribution in [0.2, 0.25) is 0 Å². The van der Waals surface area contributed by atoms with Gasteiger partial charge in [-0.3, -0.25) is 9.59 Å². The van der Waals surface area contributed by atoms with Crippen LogP contribution in [0.15, 0.2) is 47.3 Å². The lowest BCUT2D eigenvalue weighted by Crippen LogP contribution is -2.32. The van der Waals surface area contributed by atoms with Crippen LogP contribution >= 0.6 is 0 Å². The summed E-state index contributed by atoms with van der Waals surface area (Å²) in [5, 5.41) is 12.9. The highest BCUT2D eigenvalue weighted by Crippen LogP contribution is 2.24. The van der Waals surface area contributed by atoms with Gasteiger partial charge in [0.25, 0.3) is 11.5 Å². The molecule has 0 radical (unpaired) electrons. The number of hydrogen-bond acceptors (Lipinski definition) is 4. The van der Waals surface area contributed by atoms with Crippen molar-refractivity contribution in [3.63, 3.8) is 0 Å². The van der Waals surface area contributed by atoms with Gasteiger partial charge in [-0.1, -0.05) is 18.2 Å². The van der Waals surface area contributed by atoms with Gasteiger partial charge in [-0.25, -0.2) is 8.78 Å². The Morgan fingerprint density at radius 1 is 1.23 bits per heavy atom. The molecule has 134 valence electrons. The van der Waals surface area contributed by atoms with Crippen molar-refractivity contribution in [2.24, 2.45) is 0 Å². The molecule has 1 aromatic heterocycles. The van der Waals surface area contributed by atoms with Crippen LogP contribution in [-0.2, 0) is 6.54 Å². The minimum Gasteiger partial charge on any atom is -0.494 e. The van der Waals surface area contributed by atoms with Crippen LogP contribution < -0.4 is 15.6 Å². The molecule has 0 spiro atoms. The normalized spacial score (nSPS) is 10.7. The molecule has 0 unspecified atom stereocenters. The monoisotopic (exact) mass is 360 g/mol. The van der Waals surface area contributed by atoms with E-state index in [0.717, 1.165) is 6.07 Å². The number of carbonyl (C=O) groups is 1. The number of ether oxygens (including phenoxy) is 1. The molecule has 0 saturated carbocycles. The largest absolute Gasteiger partial charge is 0.494 e. The van der Waals surface area contributed by atoms with Crippen LogP contribution in [0.5, 0.6) is 5.75 Å². The van der Waals surface area contributed by atoms with Crippen LogP contribution in [-0.4, -0.2) is 23.0 Å². The van der Waals surface area contributed by atoms with E-state index in [4.69, 9.17) is 4.74 Å². The summed E-state index contributed by atoms with van der Waals surface area (Å²) in [5.41, 5.74) is -1.08. The van der Waals surface area contributed by atoms with Gasteiger partial charge in [0, 0.05) is 23.6 Å². The van der Waals surface area contributed by atoms with Gasteiger partial charge in [-0.05, 0) is 18.2 Å². The van der Waals surface area contributed by atoms with E-state index in [2.05, 4.69) is 5.32 Å². The van der Waals surface area contributed by atoms with Gasteiger partial charge in [0.2, 0.25) is 0 Å². The summed E-state index contributed by atoms with van der Waals surface area (Å²) < 4.78 is 32.0. The smallest absolute Gasteiger partial charge is 0.296 e. The number of amides is 1. The Morgan fingerprint density at radius 3 is 2.69 bits per heavy atom. The number of fused-ring (bicyclic) bond motifs is 1. The second-order valence-corrected chi connectivity index (χ2v) is 5.49. The Balaban J connectivity index is 1.93. The molecule has 0 saturated heterocycles. The standard InChI is InChI=1S/C18H14F2N2O4/c1-26-15-4-2-3-10-7-13(18(24)22(25)16(10)15)17(23)21-9-11-5-6-12(19)8-14(11)20/h2-8,25H,9H2,1H3,(H,21,23). The number of para-hydroxylation sites is 1. The predicted molar refractivity (Wildman–Crippen MR) is 89.5 cm³/mol. The Morgan fingerprint density at radius 2 is 2.00 bits per heavy atom. The molecule has 0 fully saturated rings. The van der Waals surface area contributed by atoms with Crippen molar-refractivity contribution in [3.05, 3.63) is 75.6 Å². The first-order valence-electron chi connectivity index (χ1n) is 7.56. The lowest BCUT2D eigenvalue weighted by Gasteiger charge is -2.11. The summed E-state index contributed by atoms with van der Waals surface area (Å²) in [6, 6.07) is 9.06. The van der Waals surface area contributed by atoms with Gasteiger partial charge in [0.1, 0.15) is 28.5 Å². The summed E-state index contributed by atoms with van der Waals surface area (Å²) in [4.78, 5) is 24.6. The van der Waals surface area contributed by atoms with Crippen molar-refractivity contribution in [1.29, 1.82) is 0 Å². The quantitative estimate of drug-likeness (QED) is 0.701. The van der Waals surface area contributed by atoms with Crippen molar-refractivity contribution in [1.82, 2.24) is 10.0 Å². The molecule has 2 N–H and O–H groups in total. The molecule has 1 amide bonds. The van der Waals surface area contributed by atoms with Crippen LogP contribution in [0.3, 0.4) is 0 Å². The maximum absolute atomic E-state index is 13.6. The van der Waals surface area contributed by atoms with Crippen molar-refractivity contribution in [2.75, 3.05) is 7.11 Å². The number of aromatic nitrogens is 1. The molecule has 0 aliphatic carbocycles. The number of methoxy groups -OCH3 is 1. The Bertz CT molecular complexity index is 1060. The zero-order valence-electron chi connectivity index (χ0n) is 13.6. The zero-order valence-corrected chi connectivity index (χ0v) is 13.6. The van der Waals surface area contributed by atoms with E-state index >= 15 is 0 Å². The van der Waals surface area contributed by atoms with E-state index < -0.39 is 23.1 Å². The van der Waals surface area contributed by atoms with Gasteiger partial charge in [0.15, 0.2) is 0 Å². The number of nitrogens with zero attached hydrogens (tertiary/aromatic N) is 1.